The summed E-state index contributed by atoms with van der Waals surface area (Å²) in [6, 6.07) is 23.3. The van der Waals surface area contributed by atoms with Gasteiger partial charge in [-0.15, -0.1) is 6.58 Å². The summed E-state index contributed by atoms with van der Waals surface area (Å²) in [4.78, 5) is 45.5. The first-order chi connectivity index (χ1) is 33.2. The number of aliphatic hydroxyl groups excluding tert-OH is 2. The smallest absolute Gasteiger partial charge is 0.269 e. The van der Waals surface area contributed by atoms with Gasteiger partial charge in [0, 0.05) is 61.4 Å². The van der Waals surface area contributed by atoms with Gasteiger partial charge < -0.3 is 43.6 Å². The molecule has 0 spiro atoms. The summed E-state index contributed by atoms with van der Waals surface area (Å²) in [6.07, 6.45) is 12.2. The molecule has 15 heteroatoms. The van der Waals surface area contributed by atoms with Crippen molar-refractivity contribution in [3.05, 3.63) is 148 Å². The largest absolute Gasteiger partial charge is 0.459 e. The van der Waals surface area contributed by atoms with Gasteiger partial charge >= 0.3 is 0 Å². The highest BCUT2D eigenvalue weighted by molar-refractivity contribution is 6.03. The maximum absolute atomic E-state index is 15.2. The number of aliphatic hydroxyl groups is 2. The van der Waals surface area contributed by atoms with Gasteiger partial charge in [-0.3, -0.25) is 19.7 Å². The fraction of sp³-hybridized carbons (Fsp3) is 0.377. The number of aldehydes is 1. The number of fused-ring (bicyclic) bond motifs is 3. The fourth-order valence-electron chi connectivity index (χ4n) is 10.2. The third-order valence-corrected chi connectivity index (χ3v) is 13.1. The number of rotatable bonds is 22. The molecule has 356 valence electrons. The van der Waals surface area contributed by atoms with Gasteiger partial charge in [-0.1, -0.05) is 48.3 Å². The average Bonchev–Trinajstić information content (AvgIpc) is 3.83. The minimum atomic E-state index is -1.55. The lowest BCUT2D eigenvalue weighted by molar-refractivity contribution is -0.384. The van der Waals surface area contributed by atoms with Crippen LogP contribution in [-0.4, -0.2) is 83.0 Å². The van der Waals surface area contributed by atoms with Gasteiger partial charge in [-0.2, -0.15) is 0 Å². The van der Waals surface area contributed by atoms with Gasteiger partial charge in [0.15, 0.2) is 11.5 Å². The third-order valence-electron chi connectivity index (χ3n) is 13.1. The Morgan fingerprint density at radius 2 is 1.71 bits per heavy atom. The highest BCUT2D eigenvalue weighted by atomic mass is 16.7. The number of allylic oxidation sites excluding steroid dienone is 1. The van der Waals surface area contributed by atoms with Crippen molar-refractivity contribution in [3.63, 3.8) is 0 Å². The number of oxime groups is 1. The van der Waals surface area contributed by atoms with Crippen LogP contribution >= 0.6 is 0 Å². The number of nitro benzene ring substituents is 1. The van der Waals surface area contributed by atoms with E-state index in [4.69, 9.17) is 33.7 Å². The van der Waals surface area contributed by atoms with Crippen molar-refractivity contribution < 1.29 is 53.2 Å². The van der Waals surface area contributed by atoms with E-state index in [1.54, 1.807) is 53.5 Å². The Morgan fingerprint density at radius 1 is 0.941 bits per heavy atom. The molecule has 0 unspecified atom stereocenters. The molecule has 0 saturated heterocycles. The summed E-state index contributed by atoms with van der Waals surface area (Å²) in [6.45, 7) is 6.51. The Morgan fingerprint density at radius 3 is 2.46 bits per heavy atom. The highest BCUT2D eigenvalue weighted by Gasteiger charge is 2.65. The second-order valence-electron chi connectivity index (χ2n) is 17.3. The molecule has 6 atom stereocenters. The lowest BCUT2D eigenvalue weighted by atomic mass is 9.55. The SMILES string of the molecule is C=CCO[C@@]12Oc3ccc(Oc4cccc(C=O)c4)cc3[C@H]3[C@H](CCCCO)[C@@H](CCCCO)C=C(C(=NOCC)C[C@@H]1N(Cc1ccc4c(c1)OCO4)C(=O)C=Cc1ccc([N+](=O)[O-])cc1)[C@H]32. The normalized spacial score (nSPS) is 22.7. The van der Waals surface area contributed by atoms with Crippen LogP contribution < -0.4 is 18.9 Å². The third kappa shape index (κ3) is 10.2. The average molecular weight is 928 g/mol. The lowest BCUT2D eigenvalue weighted by Crippen LogP contribution is -2.70. The van der Waals surface area contributed by atoms with Gasteiger partial charge in [0.25, 0.3) is 5.69 Å². The van der Waals surface area contributed by atoms with Crippen LogP contribution in [0.3, 0.4) is 0 Å². The van der Waals surface area contributed by atoms with E-state index in [0.29, 0.717) is 65.0 Å². The van der Waals surface area contributed by atoms with E-state index in [0.717, 1.165) is 48.7 Å². The fourth-order valence-corrected chi connectivity index (χ4v) is 10.2. The van der Waals surface area contributed by atoms with Crippen molar-refractivity contribution >= 4 is 29.7 Å². The number of nitrogens with zero attached hydrogens (tertiary/aromatic N) is 3. The topological polar surface area (TPSA) is 189 Å². The Bertz CT molecular complexity index is 2560. The van der Waals surface area contributed by atoms with E-state index < -0.39 is 22.7 Å². The number of hydrogen-bond donors (Lipinski definition) is 2. The van der Waals surface area contributed by atoms with Gasteiger partial charge in [0.1, 0.15) is 36.2 Å². The van der Waals surface area contributed by atoms with Crippen LogP contribution in [0.25, 0.3) is 6.08 Å². The summed E-state index contributed by atoms with van der Waals surface area (Å²) in [5.74, 6) is -0.178. The molecule has 0 radical (unpaired) electrons. The number of hydrogen-bond acceptors (Lipinski definition) is 13. The molecule has 0 bridgehead atoms. The predicted octanol–water partition coefficient (Wildman–Crippen LogP) is 9.32. The molecular weight excluding hydrogens is 871 g/mol. The van der Waals surface area contributed by atoms with Crippen LogP contribution in [-0.2, 0) is 20.9 Å². The second kappa shape index (κ2) is 21.9. The molecule has 1 fully saturated rings. The van der Waals surface area contributed by atoms with Crippen LogP contribution in [0.1, 0.15) is 84.8 Å². The van der Waals surface area contributed by atoms with Crippen molar-refractivity contribution in [2.75, 3.05) is 33.2 Å². The quantitative estimate of drug-likeness (QED) is 0.0190. The van der Waals surface area contributed by atoms with E-state index in [-0.39, 0.29) is 68.9 Å². The Balaban J connectivity index is 1.33. The van der Waals surface area contributed by atoms with Crippen LogP contribution in [0, 0.1) is 27.9 Å². The van der Waals surface area contributed by atoms with Crippen LogP contribution in [0.2, 0.25) is 0 Å². The first kappa shape index (κ1) is 47.7. The van der Waals surface area contributed by atoms with Gasteiger partial charge in [-0.25, -0.2) is 0 Å². The number of carbonyl (C=O) groups excluding carboxylic acids is 2. The van der Waals surface area contributed by atoms with E-state index in [1.165, 1.54) is 18.2 Å². The molecule has 1 saturated carbocycles. The Kier molecular flexibility index (Phi) is 15.3. The molecule has 0 aromatic heterocycles. The number of amides is 1. The molecule has 4 aliphatic rings. The summed E-state index contributed by atoms with van der Waals surface area (Å²) >= 11 is 0. The zero-order valence-electron chi connectivity index (χ0n) is 38.1. The molecule has 2 aliphatic carbocycles. The van der Waals surface area contributed by atoms with Crippen molar-refractivity contribution in [3.8, 4) is 28.7 Å². The van der Waals surface area contributed by atoms with E-state index >= 15 is 4.79 Å². The zero-order chi connectivity index (χ0) is 47.6. The van der Waals surface area contributed by atoms with Crippen molar-refractivity contribution in [1.29, 1.82) is 0 Å². The lowest BCUT2D eigenvalue weighted by Gasteiger charge is -2.60. The van der Waals surface area contributed by atoms with Crippen LogP contribution in [0.5, 0.6) is 28.7 Å². The summed E-state index contributed by atoms with van der Waals surface area (Å²) in [5.41, 5.74) is 4.12. The molecule has 68 heavy (non-hydrogen) atoms. The number of ether oxygens (including phenoxy) is 5. The molecule has 2 aliphatic heterocycles. The van der Waals surface area contributed by atoms with Gasteiger partial charge in [0.05, 0.1) is 23.2 Å². The molecule has 2 N–H and O–H groups in total. The molecule has 4 aromatic carbocycles. The molecule has 2 heterocycles. The Labute approximate surface area is 395 Å². The van der Waals surface area contributed by atoms with Gasteiger partial charge in [0.2, 0.25) is 18.5 Å². The maximum Gasteiger partial charge on any atom is 0.269 e. The first-order valence-electron chi connectivity index (χ1n) is 23.2. The van der Waals surface area contributed by atoms with Crippen LogP contribution in [0.4, 0.5) is 5.69 Å². The summed E-state index contributed by atoms with van der Waals surface area (Å²) < 4.78 is 32.4. The maximum atomic E-state index is 15.2. The number of benzene rings is 4. The van der Waals surface area contributed by atoms with E-state index in [1.807, 2.05) is 43.3 Å². The summed E-state index contributed by atoms with van der Waals surface area (Å²) in [5, 5.41) is 36.2. The summed E-state index contributed by atoms with van der Waals surface area (Å²) in [7, 11) is 0. The molecular formula is C53H57N3O12. The molecule has 15 nitrogen and oxygen atoms in total. The standard InChI is InChI=1S/C53H57N3O12/c1-3-26-65-53-49(55(32-36-16-21-47-48(28-36)64-34-63-47)50(60)23-17-35-14-18-39(19-15-35)56(61)62)31-45(54-66-4-2)43-29-38(11-5-7-24-57)42(13-6-8-25-58)51(52(43)53)44-30-41(20-22-46(44)68-53)67-40-12-9-10-37(27-40)33-59/h3,9-10,12,14-23,27-30,33,38,42,49,51-52,57-58H,1,4-8,11,13,24-26,31-32,34H2,2H3/t38-,42+,49-,51+,52+,53+/m0/s1. The van der Waals surface area contributed by atoms with Gasteiger partial charge in [-0.05, 0) is 122 Å². The van der Waals surface area contributed by atoms with E-state index in [9.17, 15) is 25.1 Å². The minimum Gasteiger partial charge on any atom is -0.459 e. The highest BCUT2D eigenvalue weighted by Crippen LogP contribution is 2.62. The minimum absolute atomic E-state index is 0.00719. The first-order valence-corrected chi connectivity index (χ1v) is 23.2. The van der Waals surface area contributed by atoms with Crippen molar-refractivity contribution in [2.45, 2.75) is 76.2 Å². The number of unbranched alkanes of at least 4 members (excludes halogenated alkanes) is 2. The van der Waals surface area contributed by atoms with Crippen LogP contribution in [0.15, 0.2) is 120 Å². The predicted molar refractivity (Wildman–Crippen MR) is 254 cm³/mol. The van der Waals surface area contributed by atoms with E-state index in [2.05, 4.69) is 12.7 Å². The monoisotopic (exact) mass is 927 g/mol. The second-order valence-corrected chi connectivity index (χ2v) is 17.3. The zero-order valence-corrected chi connectivity index (χ0v) is 38.1. The molecule has 8 rings (SSSR count). The molecule has 4 aromatic rings. The number of nitro groups is 1. The molecule has 1 amide bonds. The Hall–Kier alpha value is -6.81. The van der Waals surface area contributed by atoms with Crippen molar-refractivity contribution in [2.24, 2.45) is 22.9 Å². The van der Waals surface area contributed by atoms with Crippen molar-refractivity contribution in [1.82, 2.24) is 4.90 Å². The number of carbonyl (C=O) groups is 2. The number of non-ortho nitro benzene ring substituents is 1.